The first-order valence-corrected chi connectivity index (χ1v) is 8.18. The van der Waals surface area contributed by atoms with Crippen LogP contribution in [0.1, 0.15) is 5.69 Å². The first-order chi connectivity index (χ1) is 6.08. The minimum Gasteiger partial charge on any atom is -0.248 e. The smallest absolute Gasteiger partial charge is 0.113 e. The van der Waals surface area contributed by atoms with Gasteiger partial charge in [0.2, 0.25) is 0 Å². The molecule has 0 fully saturated rings. The van der Waals surface area contributed by atoms with Gasteiger partial charge in [0, 0.05) is 12.2 Å². The monoisotopic (exact) mass is 189 g/mol. The maximum atomic E-state index is 4.14. The Morgan fingerprint density at radius 1 is 1.31 bits per heavy atom. The lowest BCUT2D eigenvalue weighted by molar-refractivity contribution is 1.29. The molecule has 2 heteroatoms. The summed E-state index contributed by atoms with van der Waals surface area (Å²) >= 11 is 0. The van der Waals surface area contributed by atoms with E-state index in [2.05, 4.69) is 36.5 Å². The fraction of sp³-hybridized carbons (Fsp3) is 0.364. The average molecular weight is 189 g/mol. The van der Waals surface area contributed by atoms with Gasteiger partial charge in [-0.1, -0.05) is 31.6 Å². The van der Waals surface area contributed by atoms with Gasteiger partial charge < -0.3 is 0 Å². The van der Waals surface area contributed by atoms with Crippen LogP contribution in [0.15, 0.2) is 24.4 Å². The molecular formula is C11H15NSi. The summed E-state index contributed by atoms with van der Waals surface area (Å²) in [7, 11) is -1.01. The van der Waals surface area contributed by atoms with Crippen LogP contribution in [-0.4, -0.2) is 13.1 Å². The molecule has 1 aromatic heterocycles. The van der Waals surface area contributed by atoms with Crippen molar-refractivity contribution in [2.75, 3.05) is 0 Å². The van der Waals surface area contributed by atoms with Gasteiger partial charge in [-0.3, -0.25) is 0 Å². The minimum absolute atomic E-state index is 0.876. The fourth-order valence-corrected chi connectivity index (χ4v) is 1.46. The lowest BCUT2D eigenvalue weighted by Gasteiger charge is -2.09. The molecule has 1 aromatic rings. The summed E-state index contributed by atoms with van der Waals surface area (Å²) in [5.74, 6) is 6.27. The van der Waals surface area contributed by atoms with Crippen LogP contribution in [0.2, 0.25) is 25.7 Å². The first kappa shape index (κ1) is 10.0. The van der Waals surface area contributed by atoms with Crippen molar-refractivity contribution in [3.8, 4) is 11.8 Å². The molecule has 0 amide bonds. The second-order valence-electron chi connectivity index (χ2n) is 4.25. The molecule has 1 nitrogen and oxygen atoms in total. The Hall–Kier alpha value is -1.07. The molecule has 0 atom stereocenters. The normalized spacial score (nSPS) is 10.4. The summed E-state index contributed by atoms with van der Waals surface area (Å²) in [4.78, 5) is 4.14. The highest BCUT2D eigenvalue weighted by Crippen LogP contribution is 2.05. The second kappa shape index (κ2) is 4.24. The van der Waals surface area contributed by atoms with Gasteiger partial charge in [0.1, 0.15) is 5.69 Å². The van der Waals surface area contributed by atoms with Crippen LogP contribution in [0, 0.1) is 11.8 Å². The van der Waals surface area contributed by atoms with Crippen LogP contribution in [0.25, 0.3) is 0 Å². The van der Waals surface area contributed by atoms with Crippen LogP contribution in [0.3, 0.4) is 0 Å². The van der Waals surface area contributed by atoms with Crippen LogP contribution >= 0.6 is 0 Å². The molecule has 0 bridgehead atoms. The lowest BCUT2D eigenvalue weighted by Crippen LogP contribution is -2.17. The Bertz CT molecular complexity index is 313. The zero-order valence-electron chi connectivity index (χ0n) is 8.46. The Labute approximate surface area is 81.2 Å². The highest BCUT2D eigenvalue weighted by Gasteiger charge is 2.09. The molecular weight excluding hydrogens is 174 g/mol. The van der Waals surface area contributed by atoms with E-state index in [4.69, 9.17) is 0 Å². The first-order valence-electron chi connectivity index (χ1n) is 4.48. The second-order valence-corrected chi connectivity index (χ2v) is 9.73. The number of nitrogens with zero attached hydrogens (tertiary/aromatic N) is 1. The van der Waals surface area contributed by atoms with Gasteiger partial charge in [0.15, 0.2) is 0 Å². The molecule has 0 saturated carbocycles. The largest absolute Gasteiger partial charge is 0.248 e. The van der Waals surface area contributed by atoms with Crippen molar-refractivity contribution in [1.29, 1.82) is 0 Å². The highest BCUT2D eigenvalue weighted by molar-refractivity contribution is 6.76. The van der Waals surface area contributed by atoms with E-state index in [9.17, 15) is 0 Å². The molecule has 13 heavy (non-hydrogen) atoms. The van der Waals surface area contributed by atoms with Crippen molar-refractivity contribution in [2.45, 2.75) is 25.7 Å². The van der Waals surface area contributed by atoms with Crippen molar-refractivity contribution < 1.29 is 0 Å². The molecule has 1 rings (SSSR count). The van der Waals surface area contributed by atoms with Crippen LogP contribution in [0.5, 0.6) is 0 Å². The van der Waals surface area contributed by atoms with E-state index in [1.54, 1.807) is 6.20 Å². The summed E-state index contributed by atoms with van der Waals surface area (Å²) in [6, 6.07) is 6.86. The third-order valence-electron chi connectivity index (χ3n) is 1.50. The number of aromatic nitrogens is 1. The van der Waals surface area contributed by atoms with E-state index in [0.717, 1.165) is 11.7 Å². The maximum Gasteiger partial charge on any atom is 0.113 e. The number of pyridine rings is 1. The number of hydrogen-bond acceptors (Lipinski definition) is 1. The summed E-state index contributed by atoms with van der Waals surface area (Å²) in [5, 5.41) is 0. The minimum atomic E-state index is -1.01. The van der Waals surface area contributed by atoms with Crippen LogP contribution in [0.4, 0.5) is 0 Å². The molecule has 0 aliphatic carbocycles. The number of hydrogen-bond donors (Lipinski definition) is 0. The Morgan fingerprint density at radius 3 is 2.62 bits per heavy atom. The predicted octanol–water partition coefficient (Wildman–Crippen LogP) is 2.77. The van der Waals surface area contributed by atoms with Gasteiger partial charge in [0.05, 0.1) is 8.07 Å². The van der Waals surface area contributed by atoms with Crippen molar-refractivity contribution in [3.63, 3.8) is 0 Å². The molecule has 0 unspecified atom stereocenters. The molecule has 68 valence electrons. The topological polar surface area (TPSA) is 12.9 Å². The zero-order chi connectivity index (χ0) is 9.73. The van der Waals surface area contributed by atoms with Gasteiger partial charge in [-0.25, -0.2) is 4.98 Å². The summed E-state index contributed by atoms with van der Waals surface area (Å²) in [6.45, 7) is 6.96. The molecule has 0 saturated heterocycles. The number of rotatable bonds is 1. The van der Waals surface area contributed by atoms with Gasteiger partial charge in [-0.15, -0.1) is 0 Å². The van der Waals surface area contributed by atoms with Gasteiger partial charge in [-0.05, 0) is 18.1 Å². The molecule has 0 radical (unpaired) electrons. The Morgan fingerprint density at radius 2 is 2.08 bits per heavy atom. The van der Waals surface area contributed by atoms with Gasteiger partial charge >= 0.3 is 0 Å². The molecule has 0 aliphatic rings. The zero-order valence-corrected chi connectivity index (χ0v) is 9.46. The quantitative estimate of drug-likeness (QED) is 0.489. The summed E-state index contributed by atoms with van der Waals surface area (Å²) in [6.07, 6.45) is 1.78. The van der Waals surface area contributed by atoms with E-state index in [0.29, 0.717) is 0 Å². The third kappa shape index (κ3) is 4.49. The fourth-order valence-electron chi connectivity index (χ4n) is 0.837. The van der Waals surface area contributed by atoms with Crippen molar-refractivity contribution in [2.24, 2.45) is 0 Å². The van der Waals surface area contributed by atoms with E-state index in [1.807, 2.05) is 18.2 Å². The predicted molar refractivity (Wildman–Crippen MR) is 59.3 cm³/mol. The van der Waals surface area contributed by atoms with Gasteiger partial charge in [0.25, 0.3) is 0 Å². The van der Waals surface area contributed by atoms with Crippen LogP contribution < -0.4 is 0 Å². The third-order valence-corrected chi connectivity index (χ3v) is 2.74. The molecule has 0 aliphatic heterocycles. The van der Waals surface area contributed by atoms with E-state index >= 15 is 0 Å². The SMILES string of the molecule is C[Si](C)(C)CC#Cc1ccccn1. The highest BCUT2D eigenvalue weighted by atomic mass is 28.3. The standard InChI is InChI=1S/C11H15NSi/c1-13(2,3)10-6-8-11-7-4-5-9-12-11/h4-5,7,9H,10H2,1-3H3. The van der Waals surface area contributed by atoms with Crippen molar-refractivity contribution >= 4 is 8.07 Å². The summed E-state index contributed by atoms with van der Waals surface area (Å²) < 4.78 is 0. The molecule has 0 N–H and O–H groups in total. The van der Waals surface area contributed by atoms with E-state index in [-0.39, 0.29) is 0 Å². The van der Waals surface area contributed by atoms with Crippen molar-refractivity contribution in [1.82, 2.24) is 4.98 Å². The molecule has 0 spiro atoms. The van der Waals surface area contributed by atoms with E-state index in [1.165, 1.54) is 0 Å². The molecule has 1 heterocycles. The van der Waals surface area contributed by atoms with Crippen molar-refractivity contribution in [3.05, 3.63) is 30.1 Å². The van der Waals surface area contributed by atoms with E-state index < -0.39 is 8.07 Å². The summed E-state index contributed by atoms with van der Waals surface area (Å²) in [5.41, 5.74) is 0.876. The lowest BCUT2D eigenvalue weighted by atomic mass is 10.3. The maximum absolute atomic E-state index is 4.14. The Kier molecular flexibility index (Phi) is 3.27. The Balaban J connectivity index is 2.59. The van der Waals surface area contributed by atoms with Crippen LogP contribution in [-0.2, 0) is 0 Å². The molecule has 0 aromatic carbocycles. The van der Waals surface area contributed by atoms with Gasteiger partial charge in [-0.2, -0.15) is 0 Å². The average Bonchev–Trinajstić information content (AvgIpc) is 2.04.